The molecule has 0 aliphatic rings. The monoisotopic (exact) mass is 369 g/mol. The van der Waals surface area contributed by atoms with Gasteiger partial charge in [0.2, 0.25) is 0 Å². The van der Waals surface area contributed by atoms with Crippen LogP contribution in [0.5, 0.6) is 5.75 Å². The number of nitrogens with one attached hydrogen (secondary N) is 1. The molecule has 1 aromatic heterocycles. The molecular formula is C21H20FNO2S. The van der Waals surface area contributed by atoms with Gasteiger partial charge in [0.15, 0.2) is 0 Å². The fourth-order valence-electron chi connectivity index (χ4n) is 2.64. The Labute approximate surface area is 156 Å². The summed E-state index contributed by atoms with van der Waals surface area (Å²) in [7, 11) is 0. The third-order valence-corrected chi connectivity index (χ3v) is 5.10. The molecule has 1 N–H and O–H groups in total. The molecule has 0 bridgehead atoms. The lowest BCUT2D eigenvalue weighted by molar-refractivity contribution is 0.103. The van der Waals surface area contributed by atoms with Crippen LogP contribution in [0.15, 0.2) is 47.8 Å². The zero-order valence-corrected chi connectivity index (χ0v) is 15.7. The summed E-state index contributed by atoms with van der Waals surface area (Å²) < 4.78 is 19.1. The molecule has 0 aliphatic carbocycles. The van der Waals surface area contributed by atoms with E-state index in [0.29, 0.717) is 17.2 Å². The van der Waals surface area contributed by atoms with Gasteiger partial charge in [-0.25, -0.2) is 4.39 Å². The molecule has 2 aromatic carbocycles. The Balaban J connectivity index is 1.65. The van der Waals surface area contributed by atoms with Crippen LogP contribution in [-0.4, -0.2) is 5.91 Å². The highest BCUT2D eigenvalue weighted by atomic mass is 32.1. The lowest BCUT2D eigenvalue weighted by Gasteiger charge is -2.11. The van der Waals surface area contributed by atoms with Crippen LogP contribution in [0.25, 0.3) is 0 Å². The van der Waals surface area contributed by atoms with Gasteiger partial charge in [-0.3, -0.25) is 4.79 Å². The highest BCUT2D eigenvalue weighted by Gasteiger charge is 2.11. The van der Waals surface area contributed by atoms with Crippen LogP contribution in [-0.2, 0) is 6.61 Å². The fraction of sp³-hybridized carbons (Fsp3) is 0.190. The van der Waals surface area contributed by atoms with Crippen molar-refractivity contribution in [1.29, 1.82) is 0 Å². The number of hydrogen-bond donors (Lipinski definition) is 1. The SMILES string of the molecule is Cc1cc(C)c(C)c(OCc2csc(C(=O)Nc3cccc(F)c3)c2)c1. The van der Waals surface area contributed by atoms with E-state index in [1.165, 1.54) is 29.0 Å². The summed E-state index contributed by atoms with van der Waals surface area (Å²) in [6, 6.07) is 11.8. The highest BCUT2D eigenvalue weighted by Crippen LogP contribution is 2.25. The van der Waals surface area contributed by atoms with Gasteiger partial charge >= 0.3 is 0 Å². The van der Waals surface area contributed by atoms with Crippen LogP contribution < -0.4 is 10.1 Å². The van der Waals surface area contributed by atoms with Crippen LogP contribution >= 0.6 is 11.3 Å². The van der Waals surface area contributed by atoms with Gasteiger partial charge in [-0.1, -0.05) is 12.1 Å². The number of benzene rings is 2. The van der Waals surface area contributed by atoms with Crippen molar-refractivity contribution >= 4 is 22.9 Å². The first-order chi connectivity index (χ1) is 12.4. The second-order valence-corrected chi connectivity index (χ2v) is 7.19. The van der Waals surface area contributed by atoms with E-state index in [2.05, 4.69) is 18.3 Å². The van der Waals surface area contributed by atoms with Gasteiger partial charge < -0.3 is 10.1 Å². The molecule has 3 nitrogen and oxygen atoms in total. The van der Waals surface area contributed by atoms with Crippen LogP contribution in [0.1, 0.15) is 31.9 Å². The molecule has 0 fully saturated rings. The molecule has 0 atom stereocenters. The summed E-state index contributed by atoms with van der Waals surface area (Å²) in [4.78, 5) is 12.9. The minimum atomic E-state index is -0.383. The first kappa shape index (κ1) is 18.1. The zero-order chi connectivity index (χ0) is 18.7. The summed E-state index contributed by atoms with van der Waals surface area (Å²) in [5, 5.41) is 4.60. The molecule has 0 unspecified atom stereocenters. The van der Waals surface area contributed by atoms with Crippen molar-refractivity contribution in [3.05, 3.63) is 80.8 Å². The average Bonchev–Trinajstić information content (AvgIpc) is 3.06. The number of anilines is 1. The van der Waals surface area contributed by atoms with Gasteiger partial charge in [-0.2, -0.15) is 0 Å². The number of ether oxygens (including phenoxy) is 1. The predicted octanol–water partition coefficient (Wildman–Crippen LogP) is 5.64. The number of halogens is 1. The minimum Gasteiger partial charge on any atom is -0.489 e. The van der Waals surface area contributed by atoms with Gasteiger partial charge in [0.05, 0.1) is 4.88 Å². The van der Waals surface area contributed by atoms with Gasteiger partial charge in [-0.15, -0.1) is 11.3 Å². The zero-order valence-electron chi connectivity index (χ0n) is 14.9. The van der Waals surface area contributed by atoms with E-state index in [1.54, 1.807) is 18.2 Å². The van der Waals surface area contributed by atoms with Crippen molar-refractivity contribution in [2.24, 2.45) is 0 Å². The molecule has 3 rings (SSSR count). The van der Waals surface area contributed by atoms with E-state index < -0.39 is 0 Å². The van der Waals surface area contributed by atoms with Crippen molar-refractivity contribution < 1.29 is 13.9 Å². The quantitative estimate of drug-likeness (QED) is 0.632. The average molecular weight is 369 g/mol. The fourth-order valence-corrected chi connectivity index (χ4v) is 3.43. The minimum absolute atomic E-state index is 0.255. The molecule has 0 aliphatic heterocycles. The smallest absolute Gasteiger partial charge is 0.265 e. The van der Waals surface area contributed by atoms with E-state index >= 15 is 0 Å². The Kier molecular flexibility index (Phi) is 5.38. The molecule has 0 saturated heterocycles. The van der Waals surface area contributed by atoms with Gasteiger partial charge in [0, 0.05) is 11.3 Å². The predicted molar refractivity (Wildman–Crippen MR) is 104 cm³/mol. The number of rotatable bonds is 5. The molecule has 5 heteroatoms. The van der Waals surface area contributed by atoms with Gasteiger partial charge in [-0.05, 0) is 73.2 Å². The summed E-state index contributed by atoms with van der Waals surface area (Å²) in [5.41, 5.74) is 4.84. The second-order valence-electron chi connectivity index (χ2n) is 6.28. The van der Waals surface area contributed by atoms with Crippen molar-refractivity contribution in [1.82, 2.24) is 0 Å². The number of amides is 1. The van der Waals surface area contributed by atoms with E-state index in [0.717, 1.165) is 22.4 Å². The number of thiophene rings is 1. The van der Waals surface area contributed by atoms with Crippen LogP contribution in [0, 0.1) is 26.6 Å². The largest absolute Gasteiger partial charge is 0.489 e. The molecule has 26 heavy (non-hydrogen) atoms. The van der Waals surface area contributed by atoms with Crippen molar-refractivity contribution in [2.45, 2.75) is 27.4 Å². The van der Waals surface area contributed by atoms with Crippen LogP contribution in [0.3, 0.4) is 0 Å². The van der Waals surface area contributed by atoms with Crippen molar-refractivity contribution in [3.63, 3.8) is 0 Å². The van der Waals surface area contributed by atoms with E-state index in [1.807, 2.05) is 25.3 Å². The lowest BCUT2D eigenvalue weighted by Crippen LogP contribution is -2.10. The molecule has 1 heterocycles. The van der Waals surface area contributed by atoms with E-state index in [-0.39, 0.29) is 11.7 Å². The Morgan fingerprint density at radius 1 is 1.15 bits per heavy atom. The molecular weight excluding hydrogens is 349 g/mol. The Hall–Kier alpha value is -2.66. The maximum absolute atomic E-state index is 13.2. The lowest BCUT2D eigenvalue weighted by atomic mass is 10.1. The summed E-state index contributed by atoms with van der Waals surface area (Å²) >= 11 is 1.34. The van der Waals surface area contributed by atoms with Crippen LogP contribution in [0.2, 0.25) is 0 Å². The number of hydrogen-bond acceptors (Lipinski definition) is 3. The number of carbonyl (C=O) groups is 1. The topological polar surface area (TPSA) is 38.3 Å². The molecule has 3 aromatic rings. The highest BCUT2D eigenvalue weighted by molar-refractivity contribution is 7.12. The molecule has 0 radical (unpaired) electrons. The first-order valence-corrected chi connectivity index (χ1v) is 9.15. The first-order valence-electron chi connectivity index (χ1n) is 8.27. The Morgan fingerprint density at radius 2 is 1.96 bits per heavy atom. The molecule has 0 saturated carbocycles. The third kappa shape index (κ3) is 4.29. The molecule has 134 valence electrons. The normalized spacial score (nSPS) is 10.6. The van der Waals surface area contributed by atoms with Crippen LogP contribution in [0.4, 0.5) is 10.1 Å². The molecule has 0 spiro atoms. The van der Waals surface area contributed by atoms with Gasteiger partial charge in [0.1, 0.15) is 18.2 Å². The second kappa shape index (κ2) is 7.70. The maximum atomic E-state index is 13.2. The Bertz CT molecular complexity index is 949. The maximum Gasteiger partial charge on any atom is 0.265 e. The summed E-state index contributed by atoms with van der Waals surface area (Å²) in [5.74, 6) is 0.223. The molecule has 1 amide bonds. The van der Waals surface area contributed by atoms with Crippen molar-refractivity contribution in [2.75, 3.05) is 5.32 Å². The van der Waals surface area contributed by atoms with E-state index in [9.17, 15) is 9.18 Å². The van der Waals surface area contributed by atoms with E-state index in [4.69, 9.17) is 4.74 Å². The third-order valence-electron chi connectivity index (χ3n) is 4.12. The van der Waals surface area contributed by atoms with Crippen molar-refractivity contribution in [3.8, 4) is 5.75 Å². The summed E-state index contributed by atoms with van der Waals surface area (Å²) in [6.45, 7) is 6.54. The standard InChI is InChI=1S/C21H20FNO2S/c1-13-7-14(2)15(3)19(8-13)25-11-16-9-20(26-12-16)21(24)23-18-6-4-5-17(22)10-18/h4-10,12H,11H2,1-3H3,(H,23,24). The Morgan fingerprint density at radius 3 is 2.73 bits per heavy atom. The number of carbonyl (C=O) groups excluding carboxylic acids is 1. The van der Waals surface area contributed by atoms with Gasteiger partial charge in [0.25, 0.3) is 5.91 Å². The number of aryl methyl sites for hydroxylation is 2. The summed E-state index contributed by atoms with van der Waals surface area (Å²) in [6.07, 6.45) is 0.